The Kier molecular flexibility index (Phi) is 12.8. The number of ketones is 1. The molecule has 0 aliphatic heterocycles. The highest BCUT2D eigenvalue weighted by Crippen LogP contribution is 2.39. The summed E-state index contributed by atoms with van der Waals surface area (Å²) in [6.07, 6.45) is 1.19. The number of hydrogen-bond donors (Lipinski definition) is 3. The van der Waals surface area contributed by atoms with Crippen molar-refractivity contribution in [3.63, 3.8) is 0 Å². The van der Waals surface area contributed by atoms with Gasteiger partial charge in [0.15, 0.2) is 14.1 Å². The first-order chi connectivity index (χ1) is 19.9. The van der Waals surface area contributed by atoms with E-state index in [1.807, 2.05) is 81.4 Å². The molecular formula is C34H51N3O5Si. The molecule has 2 amide bonds. The number of benzene rings is 2. The maximum absolute atomic E-state index is 13.8. The van der Waals surface area contributed by atoms with Crippen molar-refractivity contribution in [2.45, 2.75) is 104 Å². The molecule has 0 spiro atoms. The molecule has 2 rings (SSSR count). The van der Waals surface area contributed by atoms with Crippen LogP contribution in [0.3, 0.4) is 0 Å². The molecule has 43 heavy (non-hydrogen) atoms. The first-order valence-electron chi connectivity index (χ1n) is 14.9. The zero-order chi connectivity index (χ0) is 32.4. The fourth-order valence-electron chi connectivity index (χ4n) is 4.40. The molecule has 0 saturated carbocycles. The molecule has 0 unspecified atom stereocenters. The smallest absolute Gasteiger partial charge is 0.407 e. The lowest BCUT2D eigenvalue weighted by atomic mass is 9.88. The zero-order valence-electron chi connectivity index (χ0n) is 27.3. The van der Waals surface area contributed by atoms with Gasteiger partial charge in [0.05, 0.1) is 17.8 Å². The van der Waals surface area contributed by atoms with Gasteiger partial charge in [-0.15, -0.1) is 0 Å². The first kappa shape index (κ1) is 35.8. The quantitative estimate of drug-likeness (QED) is 0.182. The van der Waals surface area contributed by atoms with Crippen molar-refractivity contribution in [2.75, 3.05) is 0 Å². The summed E-state index contributed by atoms with van der Waals surface area (Å²) < 4.78 is 12.7. The number of nitrogens with two attached hydrogens (primary N) is 1. The topological polar surface area (TPSA) is 120 Å². The second kappa shape index (κ2) is 15.3. The van der Waals surface area contributed by atoms with Gasteiger partial charge >= 0.3 is 6.09 Å². The normalized spacial score (nSPS) is 14.8. The van der Waals surface area contributed by atoms with Crippen LogP contribution in [0.15, 0.2) is 72.6 Å². The Labute approximate surface area is 258 Å². The van der Waals surface area contributed by atoms with Gasteiger partial charge < -0.3 is 25.5 Å². The van der Waals surface area contributed by atoms with Crippen molar-refractivity contribution in [3.8, 4) is 0 Å². The van der Waals surface area contributed by atoms with E-state index < -0.39 is 38.1 Å². The van der Waals surface area contributed by atoms with E-state index in [1.54, 1.807) is 0 Å². The summed E-state index contributed by atoms with van der Waals surface area (Å²) >= 11 is 0. The number of amides is 2. The van der Waals surface area contributed by atoms with E-state index in [-0.39, 0.29) is 28.8 Å². The van der Waals surface area contributed by atoms with Crippen molar-refractivity contribution >= 4 is 26.1 Å². The standard InChI is InChI=1S/C34H51N3O5Si/c1-24(38)29(23-35)36-31(39)27(20-25-16-12-10-13-17-25)22-30(42-43(8,9)34(5,6)7)28(21-26-18-14-11-15-19-26)37-32(40)41-33(2,3)4/h10-19,23,27-28,30H,20-22,35H2,1-9H3,(H,36,39)(H,37,40)/b29-23+/t27-,28+,30+/m1/s1. The van der Waals surface area contributed by atoms with Crippen molar-refractivity contribution < 1.29 is 23.5 Å². The minimum absolute atomic E-state index is 0.0395. The fraction of sp³-hybridized carbons (Fsp3) is 0.500. The molecule has 0 bridgehead atoms. The van der Waals surface area contributed by atoms with Crippen LogP contribution < -0.4 is 16.4 Å². The Morgan fingerprint density at radius 2 is 1.40 bits per heavy atom. The number of rotatable bonds is 13. The van der Waals surface area contributed by atoms with Gasteiger partial charge in [0, 0.05) is 19.0 Å². The maximum Gasteiger partial charge on any atom is 0.407 e. The van der Waals surface area contributed by atoms with Gasteiger partial charge in [-0.25, -0.2) is 4.79 Å². The summed E-state index contributed by atoms with van der Waals surface area (Å²) in [6.45, 7) is 17.6. The maximum atomic E-state index is 13.8. The average molecular weight is 610 g/mol. The van der Waals surface area contributed by atoms with Crippen molar-refractivity contribution in [1.29, 1.82) is 0 Å². The third-order valence-electron chi connectivity index (χ3n) is 7.72. The molecule has 2 aromatic rings. The van der Waals surface area contributed by atoms with Gasteiger partial charge in [-0.05, 0) is 69.3 Å². The Bertz CT molecular complexity index is 1230. The van der Waals surface area contributed by atoms with Crippen LogP contribution in [0.2, 0.25) is 18.1 Å². The van der Waals surface area contributed by atoms with E-state index in [4.69, 9.17) is 14.9 Å². The van der Waals surface area contributed by atoms with E-state index in [9.17, 15) is 14.4 Å². The lowest BCUT2D eigenvalue weighted by molar-refractivity contribution is -0.126. The second-order valence-corrected chi connectivity index (χ2v) is 18.4. The van der Waals surface area contributed by atoms with Gasteiger partial charge in [-0.3, -0.25) is 9.59 Å². The molecule has 9 heteroatoms. The predicted octanol–water partition coefficient (Wildman–Crippen LogP) is 6.27. The highest BCUT2D eigenvalue weighted by atomic mass is 28.4. The fourth-order valence-corrected chi connectivity index (χ4v) is 5.77. The van der Waals surface area contributed by atoms with Gasteiger partial charge in [-0.2, -0.15) is 0 Å². The largest absolute Gasteiger partial charge is 0.444 e. The molecule has 0 aliphatic carbocycles. The molecule has 0 aromatic heterocycles. The minimum atomic E-state index is -2.41. The molecule has 0 heterocycles. The third-order valence-corrected chi connectivity index (χ3v) is 12.2. The van der Waals surface area contributed by atoms with Crippen LogP contribution in [0.1, 0.15) is 66.0 Å². The minimum Gasteiger partial charge on any atom is -0.444 e. The summed E-state index contributed by atoms with van der Waals surface area (Å²) in [6, 6.07) is 19.1. The monoisotopic (exact) mass is 609 g/mol. The van der Waals surface area contributed by atoms with Gasteiger partial charge in [0.1, 0.15) is 5.60 Å². The molecular weight excluding hydrogens is 558 g/mol. The summed E-state index contributed by atoms with van der Waals surface area (Å²) in [5, 5.41) is 5.70. The van der Waals surface area contributed by atoms with E-state index in [1.165, 1.54) is 6.92 Å². The Morgan fingerprint density at radius 3 is 1.84 bits per heavy atom. The number of ether oxygens (including phenoxy) is 1. The summed E-state index contributed by atoms with van der Waals surface area (Å²) in [5.74, 6) is -1.27. The molecule has 8 nitrogen and oxygen atoms in total. The molecule has 0 aliphatic rings. The molecule has 0 radical (unpaired) electrons. The Hall–Kier alpha value is -3.43. The highest BCUT2D eigenvalue weighted by Gasteiger charge is 2.42. The van der Waals surface area contributed by atoms with Crippen LogP contribution in [0.4, 0.5) is 4.79 Å². The number of carbonyl (C=O) groups is 3. The van der Waals surface area contributed by atoms with Gasteiger partial charge in [0.25, 0.3) is 0 Å². The van der Waals surface area contributed by atoms with Crippen molar-refractivity contribution in [1.82, 2.24) is 10.6 Å². The van der Waals surface area contributed by atoms with E-state index >= 15 is 0 Å². The first-order valence-corrected chi connectivity index (χ1v) is 17.8. The third kappa shape index (κ3) is 12.0. The van der Waals surface area contributed by atoms with Crippen molar-refractivity contribution in [3.05, 3.63) is 83.7 Å². The highest BCUT2D eigenvalue weighted by molar-refractivity contribution is 6.74. The van der Waals surface area contributed by atoms with Crippen LogP contribution in [-0.2, 0) is 31.6 Å². The van der Waals surface area contributed by atoms with Crippen molar-refractivity contribution in [2.24, 2.45) is 11.7 Å². The molecule has 236 valence electrons. The Morgan fingerprint density at radius 1 is 0.884 bits per heavy atom. The number of alkyl carbamates (subject to hydrolysis) is 1. The summed E-state index contributed by atoms with van der Waals surface area (Å²) in [4.78, 5) is 39.1. The summed E-state index contributed by atoms with van der Waals surface area (Å²) in [7, 11) is -2.41. The lowest BCUT2D eigenvalue weighted by Gasteiger charge is -2.42. The molecule has 3 atom stereocenters. The lowest BCUT2D eigenvalue weighted by Crippen LogP contribution is -2.54. The van der Waals surface area contributed by atoms with E-state index in [0.717, 1.165) is 17.3 Å². The predicted molar refractivity (Wildman–Crippen MR) is 175 cm³/mol. The van der Waals surface area contributed by atoms with E-state index in [0.29, 0.717) is 12.8 Å². The number of hydrogen-bond acceptors (Lipinski definition) is 6. The number of Topliss-reactive ketones (excluding diaryl/α,β-unsaturated/α-hetero) is 1. The summed E-state index contributed by atoms with van der Waals surface area (Å²) in [5.41, 5.74) is 7.00. The van der Waals surface area contributed by atoms with Crippen LogP contribution in [0.5, 0.6) is 0 Å². The molecule has 2 aromatic carbocycles. The zero-order valence-corrected chi connectivity index (χ0v) is 28.3. The number of allylic oxidation sites excluding steroid dienone is 1. The van der Waals surface area contributed by atoms with Crippen LogP contribution >= 0.6 is 0 Å². The van der Waals surface area contributed by atoms with Gasteiger partial charge in [0.2, 0.25) is 5.91 Å². The molecule has 0 saturated heterocycles. The second-order valence-electron chi connectivity index (χ2n) is 13.6. The van der Waals surface area contributed by atoms with Crippen LogP contribution in [0, 0.1) is 5.92 Å². The average Bonchev–Trinajstić information content (AvgIpc) is 2.89. The molecule has 0 fully saturated rings. The van der Waals surface area contributed by atoms with Crippen LogP contribution in [-0.4, -0.2) is 43.8 Å². The molecule has 4 N–H and O–H groups in total. The Balaban J connectivity index is 2.60. The number of nitrogens with one attached hydrogen (secondary N) is 2. The van der Waals surface area contributed by atoms with Gasteiger partial charge in [-0.1, -0.05) is 81.4 Å². The SMILES string of the molecule is CC(=O)/C(=C\N)NC(=O)[C@H](Cc1ccccc1)C[C@H](O[Si](C)(C)C(C)(C)C)[C@H](Cc1ccccc1)NC(=O)OC(C)(C)C. The van der Waals surface area contributed by atoms with E-state index in [2.05, 4.69) is 44.5 Å². The van der Waals surface area contributed by atoms with Crippen LogP contribution in [0.25, 0.3) is 0 Å². The number of carbonyl (C=O) groups excluding carboxylic acids is 3.